The maximum atomic E-state index is 12.9. The van der Waals surface area contributed by atoms with Crippen molar-refractivity contribution in [2.75, 3.05) is 0 Å². The van der Waals surface area contributed by atoms with Crippen molar-refractivity contribution in [1.29, 1.82) is 0 Å². The van der Waals surface area contributed by atoms with Gasteiger partial charge in [0, 0.05) is 5.54 Å². The van der Waals surface area contributed by atoms with Crippen molar-refractivity contribution in [2.45, 2.75) is 79.1 Å². The highest BCUT2D eigenvalue weighted by Crippen LogP contribution is 2.30. The van der Waals surface area contributed by atoms with Crippen molar-refractivity contribution in [1.82, 2.24) is 5.32 Å². The topological polar surface area (TPSA) is 12.0 Å². The van der Waals surface area contributed by atoms with E-state index in [2.05, 4.69) is 26.1 Å². The molecular formula is C14H28F3N. The molecule has 0 rings (SSSR count). The number of halogens is 3. The SMILES string of the molecule is CC(C)[C@H](NC(C)(C)CCC(C)(C)C)C(F)(F)F. The van der Waals surface area contributed by atoms with E-state index < -0.39 is 23.7 Å². The molecule has 0 aromatic carbocycles. The fraction of sp³-hybridized carbons (Fsp3) is 1.00. The summed E-state index contributed by atoms with van der Waals surface area (Å²) in [6.07, 6.45) is -2.56. The lowest BCUT2D eigenvalue weighted by atomic mass is 9.84. The van der Waals surface area contributed by atoms with Gasteiger partial charge >= 0.3 is 6.18 Å². The van der Waals surface area contributed by atoms with Crippen LogP contribution < -0.4 is 5.32 Å². The van der Waals surface area contributed by atoms with Gasteiger partial charge in [-0.15, -0.1) is 0 Å². The molecule has 0 aromatic heterocycles. The van der Waals surface area contributed by atoms with E-state index in [1.165, 1.54) is 0 Å². The lowest BCUT2D eigenvalue weighted by molar-refractivity contribution is -0.170. The standard InChI is InChI=1S/C14H28F3N/c1-10(2)11(14(15,16)17)18-13(6,7)9-8-12(3,4)5/h10-11,18H,8-9H2,1-7H3/t11-/m0/s1. The molecule has 0 unspecified atom stereocenters. The summed E-state index contributed by atoms with van der Waals surface area (Å²) in [5.74, 6) is -0.459. The quantitative estimate of drug-likeness (QED) is 0.756. The van der Waals surface area contributed by atoms with Crippen molar-refractivity contribution < 1.29 is 13.2 Å². The summed E-state index contributed by atoms with van der Waals surface area (Å²) in [6, 6.07) is -1.44. The van der Waals surface area contributed by atoms with Gasteiger partial charge in [0.15, 0.2) is 0 Å². The van der Waals surface area contributed by atoms with Crippen molar-refractivity contribution in [3.63, 3.8) is 0 Å². The zero-order chi connectivity index (χ0) is 14.8. The Morgan fingerprint density at radius 3 is 1.61 bits per heavy atom. The van der Waals surface area contributed by atoms with Crippen LogP contribution in [0.5, 0.6) is 0 Å². The van der Waals surface area contributed by atoms with Crippen LogP contribution in [0.3, 0.4) is 0 Å². The summed E-state index contributed by atoms with van der Waals surface area (Å²) in [5, 5.41) is 2.78. The molecule has 0 aliphatic heterocycles. The molecule has 4 heteroatoms. The summed E-state index contributed by atoms with van der Waals surface area (Å²) in [7, 11) is 0. The Bertz CT molecular complexity index is 249. The van der Waals surface area contributed by atoms with E-state index in [9.17, 15) is 13.2 Å². The minimum atomic E-state index is -4.19. The maximum Gasteiger partial charge on any atom is 0.404 e. The van der Waals surface area contributed by atoms with Crippen molar-refractivity contribution >= 4 is 0 Å². The highest BCUT2D eigenvalue weighted by molar-refractivity contribution is 4.88. The second-order valence-corrected chi connectivity index (χ2v) is 7.35. The molecule has 1 atom stereocenters. The van der Waals surface area contributed by atoms with Crippen LogP contribution in [0.25, 0.3) is 0 Å². The minimum absolute atomic E-state index is 0.143. The number of alkyl halides is 3. The van der Waals surface area contributed by atoms with Gasteiger partial charge in [-0.3, -0.25) is 0 Å². The molecule has 0 fully saturated rings. The van der Waals surface area contributed by atoms with Crippen LogP contribution >= 0.6 is 0 Å². The second kappa shape index (κ2) is 5.81. The van der Waals surface area contributed by atoms with Gasteiger partial charge in [-0.1, -0.05) is 34.6 Å². The van der Waals surface area contributed by atoms with Crippen molar-refractivity contribution in [3.05, 3.63) is 0 Å². The van der Waals surface area contributed by atoms with E-state index in [0.717, 1.165) is 12.8 Å². The largest absolute Gasteiger partial charge is 0.404 e. The molecule has 0 amide bonds. The van der Waals surface area contributed by atoms with E-state index in [-0.39, 0.29) is 5.41 Å². The average molecular weight is 267 g/mol. The van der Waals surface area contributed by atoms with Gasteiger partial charge in [0.2, 0.25) is 0 Å². The Morgan fingerprint density at radius 1 is 0.889 bits per heavy atom. The Morgan fingerprint density at radius 2 is 1.33 bits per heavy atom. The molecule has 0 saturated carbocycles. The van der Waals surface area contributed by atoms with Crippen LogP contribution in [-0.2, 0) is 0 Å². The van der Waals surface area contributed by atoms with E-state index in [4.69, 9.17) is 0 Å². The van der Waals surface area contributed by atoms with E-state index in [1.54, 1.807) is 13.8 Å². The summed E-state index contributed by atoms with van der Waals surface area (Å²) in [5.41, 5.74) is -0.359. The van der Waals surface area contributed by atoms with Crippen LogP contribution in [0, 0.1) is 11.3 Å². The minimum Gasteiger partial charge on any atom is -0.301 e. The van der Waals surface area contributed by atoms with E-state index >= 15 is 0 Å². The lowest BCUT2D eigenvalue weighted by Crippen LogP contribution is -2.55. The molecule has 0 aliphatic carbocycles. The molecule has 0 bridgehead atoms. The third-order valence-electron chi connectivity index (χ3n) is 3.07. The Hall–Kier alpha value is -0.250. The molecule has 1 nitrogen and oxygen atoms in total. The fourth-order valence-electron chi connectivity index (χ4n) is 1.81. The van der Waals surface area contributed by atoms with E-state index in [1.807, 2.05) is 13.8 Å². The maximum absolute atomic E-state index is 12.9. The first-order valence-electron chi connectivity index (χ1n) is 6.59. The zero-order valence-corrected chi connectivity index (χ0v) is 12.7. The predicted molar refractivity (Wildman–Crippen MR) is 70.6 cm³/mol. The first-order chi connectivity index (χ1) is 7.75. The Kier molecular flexibility index (Phi) is 5.73. The van der Waals surface area contributed by atoms with Crippen molar-refractivity contribution in [3.8, 4) is 0 Å². The van der Waals surface area contributed by atoms with Gasteiger partial charge in [0.25, 0.3) is 0 Å². The molecule has 0 saturated heterocycles. The summed E-state index contributed by atoms with van der Waals surface area (Å²) in [6.45, 7) is 13.2. The van der Waals surface area contributed by atoms with Crippen LogP contribution in [0.1, 0.15) is 61.3 Å². The summed E-state index contributed by atoms with van der Waals surface area (Å²) in [4.78, 5) is 0. The first-order valence-corrected chi connectivity index (χ1v) is 6.59. The average Bonchev–Trinajstić information content (AvgIpc) is 2.08. The van der Waals surface area contributed by atoms with Gasteiger partial charge in [-0.25, -0.2) is 0 Å². The van der Waals surface area contributed by atoms with Gasteiger partial charge in [0.05, 0.1) is 0 Å². The Balaban J connectivity index is 4.62. The molecule has 1 N–H and O–H groups in total. The van der Waals surface area contributed by atoms with Crippen molar-refractivity contribution in [2.24, 2.45) is 11.3 Å². The molecule has 0 heterocycles. The lowest BCUT2D eigenvalue weighted by Gasteiger charge is -2.36. The number of nitrogens with one attached hydrogen (secondary N) is 1. The first kappa shape index (κ1) is 17.8. The Labute approximate surface area is 110 Å². The molecule has 0 aliphatic rings. The molecule has 18 heavy (non-hydrogen) atoms. The van der Waals surface area contributed by atoms with Crippen LogP contribution in [-0.4, -0.2) is 17.8 Å². The zero-order valence-electron chi connectivity index (χ0n) is 12.7. The predicted octanol–water partition coefficient (Wildman–Crippen LogP) is 4.77. The van der Waals surface area contributed by atoms with Crippen LogP contribution in [0.4, 0.5) is 13.2 Å². The summed E-state index contributed by atoms with van der Waals surface area (Å²) >= 11 is 0. The second-order valence-electron chi connectivity index (χ2n) is 7.35. The van der Waals surface area contributed by atoms with Gasteiger partial charge in [0.1, 0.15) is 6.04 Å². The fourth-order valence-corrected chi connectivity index (χ4v) is 1.81. The monoisotopic (exact) mass is 267 g/mol. The molecular weight excluding hydrogens is 239 g/mol. The van der Waals surface area contributed by atoms with Gasteiger partial charge in [-0.05, 0) is 38.0 Å². The van der Waals surface area contributed by atoms with Crippen LogP contribution in [0.2, 0.25) is 0 Å². The molecule has 110 valence electrons. The smallest absolute Gasteiger partial charge is 0.301 e. The van der Waals surface area contributed by atoms with E-state index in [0.29, 0.717) is 0 Å². The number of hydrogen-bond donors (Lipinski definition) is 1. The van der Waals surface area contributed by atoms with Crippen LogP contribution in [0.15, 0.2) is 0 Å². The highest BCUT2D eigenvalue weighted by Gasteiger charge is 2.43. The summed E-state index contributed by atoms with van der Waals surface area (Å²) < 4.78 is 38.7. The molecule has 0 radical (unpaired) electrons. The number of hydrogen-bond acceptors (Lipinski definition) is 1. The number of rotatable bonds is 5. The van der Waals surface area contributed by atoms with Gasteiger partial charge < -0.3 is 5.32 Å². The third-order valence-corrected chi connectivity index (χ3v) is 3.07. The molecule has 0 spiro atoms. The normalized spacial score (nSPS) is 16.2. The van der Waals surface area contributed by atoms with Gasteiger partial charge in [-0.2, -0.15) is 13.2 Å². The third kappa shape index (κ3) is 7.24. The molecule has 0 aromatic rings. The highest BCUT2D eigenvalue weighted by atomic mass is 19.4.